The molecule has 0 saturated carbocycles. The zero-order valence-corrected chi connectivity index (χ0v) is 15.4. The summed E-state index contributed by atoms with van der Waals surface area (Å²) in [5, 5.41) is 11.0. The highest BCUT2D eigenvalue weighted by molar-refractivity contribution is 6.02. The Morgan fingerprint density at radius 3 is 2.37 bits per heavy atom. The molecule has 138 valence electrons. The highest BCUT2D eigenvalue weighted by Crippen LogP contribution is 2.17. The van der Waals surface area contributed by atoms with Crippen LogP contribution in [0.1, 0.15) is 23.0 Å². The number of ether oxygens (including phenoxy) is 1. The average molecular weight is 362 g/mol. The first-order valence-corrected chi connectivity index (χ1v) is 8.78. The molecule has 6 heteroatoms. The van der Waals surface area contributed by atoms with Crippen molar-refractivity contribution in [1.29, 1.82) is 0 Å². The fourth-order valence-electron chi connectivity index (χ4n) is 2.58. The number of nitrogens with zero attached hydrogens (tertiary/aromatic N) is 3. The van der Waals surface area contributed by atoms with Crippen LogP contribution in [-0.2, 0) is 6.54 Å². The normalized spacial score (nSPS) is 10.3. The zero-order chi connectivity index (χ0) is 19.1. The monoisotopic (exact) mass is 362 g/mol. The smallest absolute Gasteiger partial charge is 0.276 e. The number of carbonyl (C=O) groups excluding carboxylic acids is 1. The Morgan fingerprint density at radius 1 is 1.00 bits per heavy atom. The zero-order valence-electron chi connectivity index (χ0n) is 15.4. The third-order valence-electron chi connectivity index (χ3n) is 3.96. The molecule has 1 amide bonds. The molecule has 0 fully saturated rings. The van der Waals surface area contributed by atoms with Crippen LogP contribution in [0.25, 0.3) is 0 Å². The molecule has 0 atom stereocenters. The van der Waals surface area contributed by atoms with Crippen LogP contribution in [0.2, 0.25) is 0 Å². The molecule has 1 aromatic heterocycles. The van der Waals surface area contributed by atoms with Crippen LogP contribution >= 0.6 is 0 Å². The summed E-state index contributed by atoms with van der Waals surface area (Å²) in [5.41, 5.74) is 2.12. The number of benzene rings is 2. The Bertz CT molecular complexity index is 865. The van der Waals surface area contributed by atoms with E-state index in [0.717, 1.165) is 5.75 Å². The van der Waals surface area contributed by atoms with E-state index in [2.05, 4.69) is 27.6 Å². The largest absolute Gasteiger partial charge is 0.494 e. The van der Waals surface area contributed by atoms with Crippen LogP contribution in [0.4, 0.5) is 11.5 Å². The van der Waals surface area contributed by atoms with Crippen LogP contribution in [-0.4, -0.2) is 29.8 Å². The molecule has 3 aromatic rings. The third-order valence-corrected chi connectivity index (χ3v) is 3.96. The minimum atomic E-state index is -0.302. The number of rotatable bonds is 7. The lowest BCUT2D eigenvalue weighted by Crippen LogP contribution is -2.20. The second-order valence-electron chi connectivity index (χ2n) is 6.03. The van der Waals surface area contributed by atoms with E-state index in [1.54, 1.807) is 24.3 Å². The van der Waals surface area contributed by atoms with Gasteiger partial charge in [0.15, 0.2) is 11.5 Å². The highest BCUT2D eigenvalue weighted by Gasteiger charge is 2.11. The average Bonchev–Trinajstić information content (AvgIpc) is 2.70. The second kappa shape index (κ2) is 8.80. The van der Waals surface area contributed by atoms with Crippen molar-refractivity contribution >= 4 is 17.4 Å². The first-order chi connectivity index (χ1) is 13.2. The first-order valence-electron chi connectivity index (χ1n) is 8.78. The van der Waals surface area contributed by atoms with Gasteiger partial charge in [0.1, 0.15) is 5.75 Å². The highest BCUT2D eigenvalue weighted by atomic mass is 16.5. The molecule has 3 rings (SSSR count). The molecule has 0 unspecified atom stereocenters. The van der Waals surface area contributed by atoms with E-state index < -0.39 is 0 Å². The van der Waals surface area contributed by atoms with Crippen molar-refractivity contribution in [2.24, 2.45) is 0 Å². The van der Waals surface area contributed by atoms with Gasteiger partial charge in [-0.1, -0.05) is 30.3 Å². The predicted molar refractivity (Wildman–Crippen MR) is 106 cm³/mol. The number of nitrogens with one attached hydrogen (secondary N) is 1. The number of carbonyl (C=O) groups is 1. The number of anilines is 2. The fourth-order valence-corrected chi connectivity index (χ4v) is 2.58. The molecule has 0 aliphatic rings. The van der Waals surface area contributed by atoms with E-state index in [-0.39, 0.29) is 11.6 Å². The Labute approximate surface area is 158 Å². The molecule has 6 nitrogen and oxygen atoms in total. The van der Waals surface area contributed by atoms with E-state index in [4.69, 9.17) is 4.74 Å². The number of hydrogen-bond donors (Lipinski definition) is 1. The maximum Gasteiger partial charge on any atom is 0.276 e. The van der Waals surface area contributed by atoms with Gasteiger partial charge in [0.2, 0.25) is 0 Å². The molecule has 0 aliphatic carbocycles. The van der Waals surface area contributed by atoms with Gasteiger partial charge in [0.25, 0.3) is 5.91 Å². The molecular weight excluding hydrogens is 340 g/mol. The molecule has 0 saturated heterocycles. The van der Waals surface area contributed by atoms with Crippen LogP contribution in [0, 0.1) is 0 Å². The maximum atomic E-state index is 12.3. The van der Waals surface area contributed by atoms with Gasteiger partial charge in [-0.05, 0) is 48.9 Å². The van der Waals surface area contributed by atoms with E-state index in [1.807, 2.05) is 49.2 Å². The van der Waals surface area contributed by atoms with Gasteiger partial charge in [-0.15, -0.1) is 10.2 Å². The molecule has 0 radical (unpaired) electrons. The predicted octanol–water partition coefficient (Wildman–Crippen LogP) is 3.76. The summed E-state index contributed by atoms with van der Waals surface area (Å²) in [5.74, 6) is 1.17. The summed E-state index contributed by atoms with van der Waals surface area (Å²) in [7, 11) is 1.94. The van der Waals surface area contributed by atoms with Gasteiger partial charge in [0, 0.05) is 19.3 Å². The SMILES string of the molecule is CCOc1ccc(NC(=O)c2ccc(N(C)Cc3ccccc3)nn2)cc1. The number of amides is 1. The summed E-state index contributed by atoms with van der Waals surface area (Å²) in [4.78, 5) is 14.3. The number of aromatic nitrogens is 2. The van der Waals surface area contributed by atoms with E-state index in [1.165, 1.54) is 5.56 Å². The summed E-state index contributed by atoms with van der Waals surface area (Å²) in [6.45, 7) is 3.24. The molecule has 1 heterocycles. The molecule has 0 bridgehead atoms. The van der Waals surface area contributed by atoms with Crippen molar-refractivity contribution in [3.8, 4) is 5.75 Å². The van der Waals surface area contributed by atoms with Crippen LogP contribution < -0.4 is 15.0 Å². The fraction of sp³-hybridized carbons (Fsp3) is 0.190. The lowest BCUT2D eigenvalue weighted by molar-refractivity contribution is 0.102. The molecule has 0 aliphatic heterocycles. The third kappa shape index (κ3) is 5.04. The van der Waals surface area contributed by atoms with Crippen molar-refractivity contribution in [1.82, 2.24) is 10.2 Å². The Morgan fingerprint density at radius 2 is 1.74 bits per heavy atom. The lowest BCUT2D eigenvalue weighted by atomic mass is 10.2. The van der Waals surface area contributed by atoms with Gasteiger partial charge in [-0.25, -0.2) is 0 Å². The number of hydrogen-bond acceptors (Lipinski definition) is 5. The first kappa shape index (κ1) is 18.4. The van der Waals surface area contributed by atoms with Crippen LogP contribution in [0.5, 0.6) is 5.75 Å². The van der Waals surface area contributed by atoms with Crippen molar-refractivity contribution < 1.29 is 9.53 Å². The Hall–Kier alpha value is -3.41. The van der Waals surface area contributed by atoms with Crippen molar-refractivity contribution in [2.45, 2.75) is 13.5 Å². The quantitative estimate of drug-likeness (QED) is 0.693. The Balaban J connectivity index is 1.61. The van der Waals surface area contributed by atoms with Crippen molar-refractivity contribution in [3.05, 3.63) is 78.0 Å². The van der Waals surface area contributed by atoms with E-state index >= 15 is 0 Å². The van der Waals surface area contributed by atoms with Crippen molar-refractivity contribution in [3.63, 3.8) is 0 Å². The summed E-state index contributed by atoms with van der Waals surface area (Å²) in [6.07, 6.45) is 0. The minimum absolute atomic E-state index is 0.265. The summed E-state index contributed by atoms with van der Waals surface area (Å²) < 4.78 is 5.39. The molecule has 0 spiro atoms. The molecule has 1 N–H and O–H groups in total. The van der Waals surface area contributed by atoms with E-state index in [9.17, 15) is 4.79 Å². The maximum absolute atomic E-state index is 12.3. The molecule has 2 aromatic carbocycles. The molecular formula is C21H22N4O2. The van der Waals surface area contributed by atoms with Gasteiger partial charge < -0.3 is 15.0 Å². The second-order valence-corrected chi connectivity index (χ2v) is 6.03. The van der Waals surface area contributed by atoms with Crippen LogP contribution in [0.3, 0.4) is 0 Å². The van der Waals surface area contributed by atoms with E-state index in [0.29, 0.717) is 24.7 Å². The van der Waals surface area contributed by atoms with Gasteiger partial charge in [-0.3, -0.25) is 4.79 Å². The standard InChI is InChI=1S/C21H22N4O2/c1-3-27-18-11-9-17(10-12-18)22-21(26)19-13-14-20(24-23-19)25(2)15-16-7-5-4-6-8-16/h4-14H,3,15H2,1-2H3,(H,22,26). The topological polar surface area (TPSA) is 67.3 Å². The lowest BCUT2D eigenvalue weighted by Gasteiger charge is -2.17. The Kier molecular flexibility index (Phi) is 5.99. The minimum Gasteiger partial charge on any atom is -0.494 e. The van der Waals surface area contributed by atoms with Crippen molar-refractivity contribution in [2.75, 3.05) is 23.9 Å². The van der Waals surface area contributed by atoms with Gasteiger partial charge in [-0.2, -0.15) is 0 Å². The van der Waals surface area contributed by atoms with Gasteiger partial charge >= 0.3 is 0 Å². The summed E-state index contributed by atoms with van der Waals surface area (Å²) in [6, 6.07) is 20.8. The summed E-state index contributed by atoms with van der Waals surface area (Å²) >= 11 is 0. The molecule has 27 heavy (non-hydrogen) atoms. The van der Waals surface area contributed by atoms with Crippen LogP contribution in [0.15, 0.2) is 66.7 Å². The van der Waals surface area contributed by atoms with Gasteiger partial charge in [0.05, 0.1) is 6.61 Å².